The Morgan fingerprint density at radius 2 is 2.16 bits per heavy atom. The van der Waals surface area contributed by atoms with Crippen molar-refractivity contribution in [2.45, 2.75) is 19.1 Å². The van der Waals surface area contributed by atoms with Crippen molar-refractivity contribution < 1.29 is 4.74 Å². The molecule has 1 aliphatic heterocycles. The number of hydrogen-bond donors (Lipinski definition) is 0. The maximum absolute atomic E-state index is 8.94. The molecule has 1 fully saturated rings. The maximum atomic E-state index is 8.94. The smallest absolute Gasteiger partial charge is 0.151 e. The normalized spacial score (nSPS) is 19.2. The third-order valence-electron chi connectivity index (χ3n) is 4.67. The van der Waals surface area contributed by atoms with Crippen LogP contribution in [0.25, 0.3) is 0 Å². The van der Waals surface area contributed by atoms with E-state index >= 15 is 0 Å². The first-order valence-electron chi connectivity index (χ1n) is 8.52. The zero-order chi connectivity index (χ0) is 17.6. The van der Waals surface area contributed by atoms with Crippen molar-refractivity contribution in [2.75, 3.05) is 38.2 Å². The molecule has 0 aliphatic carbocycles. The molecule has 1 aliphatic rings. The van der Waals surface area contributed by atoms with Crippen molar-refractivity contribution in [1.29, 1.82) is 5.26 Å². The van der Waals surface area contributed by atoms with Crippen LogP contribution >= 0.6 is 0 Å². The van der Waals surface area contributed by atoms with E-state index in [1.54, 1.807) is 6.20 Å². The highest BCUT2D eigenvalue weighted by Gasteiger charge is 2.26. The Balaban J connectivity index is 1.61. The number of benzene rings is 1. The fourth-order valence-corrected chi connectivity index (χ4v) is 3.15. The molecule has 1 saturated heterocycles. The van der Waals surface area contributed by atoms with Crippen LogP contribution in [-0.2, 0) is 4.74 Å². The second kappa shape index (κ2) is 8.06. The van der Waals surface area contributed by atoms with Crippen molar-refractivity contribution in [2.24, 2.45) is 0 Å². The van der Waals surface area contributed by atoms with Crippen molar-refractivity contribution in [3.63, 3.8) is 0 Å². The van der Waals surface area contributed by atoms with E-state index in [2.05, 4.69) is 33.0 Å². The summed E-state index contributed by atoms with van der Waals surface area (Å²) < 4.78 is 5.95. The summed E-state index contributed by atoms with van der Waals surface area (Å²) in [7, 11) is 2.01. The average molecular weight is 337 g/mol. The van der Waals surface area contributed by atoms with Crippen LogP contribution in [-0.4, -0.2) is 54.5 Å². The standard InChI is InChI=1S/C19H23N5O/c1-15(17-7-5-16(12-20)6-8-17)24-10-11-25-18(14-24)13-23(2)19-4-3-9-21-22-19/h3-9,15,18H,10-11,13-14H2,1-2H3/t15-,18-/m1/s1. The molecule has 0 unspecified atom stereocenters. The van der Waals surface area contributed by atoms with E-state index in [1.807, 2.05) is 43.4 Å². The molecule has 0 N–H and O–H groups in total. The number of anilines is 1. The topological polar surface area (TPSA) is 65.3 Å². The third kappa shape index (κ3) is 4.32. The Hall–Kier alpha value is -2.49. The Morgan fingerprint density at radius 1 is 1.36 bits per heavy atom. The van der Waals surface area contributed by atoms with Gasteiger partial charge in [0.2, 0.25) is 0 Å². The van der Waals surface area contributed by atoms with Crippen molar-refractivity contribution >= 4 is 5.82 Å². The van der Waals surface area contributed by atoms with Crippen LogP contribution in [0.2, 0.25) is 0 Å². The van der Waals surface area contributed by atoms with E-state index in [1.165, 1.54) is 5.56 Å². The Labute approximate surface area is 148 Å². The summed E-state index contributed by atoms with van der Waals surface area (Å²) >= 11 is 0. The van der Waals surface area contributed by atoms with Gasteiger partial charge in [0.15, 0.2) is 5.82 Å². The molecule has 0 saturated carbocycles. The summed E-state index contributed by atoms with van der Waals surface area (Å²) in [5.74, 6) is 0.850. The van der Waals surface area contributed by atoms with Gasteiger partial charge < -0.3 is 9.64 Å². The van der Waals surface area contributed by atoms with Gasteiger partial charge in [0.25, 0.3) is 0 Å². The molecule has 2 atom stereocenters. The quantitative estimate of drug-likeness (QED) is 0.834. The lowest BCUT2D eigenvalue weighted by Crippen LogP contribution is -2.47. The number of ether oxygens (including phenoxy) is 1. The molecular weight excluding hydrogens is 314 g/mol. The van der Waals surface area contributed by atoms with E-state index in [9.17, 15) is 0 Å². The predicted molar refractivity (Wildman–Crippen MR) is 96.2 cm³/mol. The number of hydrogen-bond acceptors (Lipinski definition) is 6. The molecule has 6 heteroatoms. The summed E-state index contributed by atoms with van der Waals surface area (Å²) in [5.41, 5.74) is 1.92. The van der Waals surface area contributed by atoms with E-state index in [0.717, 1.165) is 32.1 Å². The first-order valence-corrected chi connectivity index (χ1v) is 8.52. The summed E-state index contributed by atoms with van der Waals surface area (Å²) in [5, 5.41) is 17.0. The lowest BCUT2D eigenvalue weighted by atomic mass is 10.0. The fraction of sp³-hybridized carbons (Fsp3) is 0.421. The second-order valence-corrected chi connectivity index (χ2v) is 6.36. The van der Waals surface area contributed by atoms with Crippen LogP contribution < -0.4 is 4.90 Å². The lowest BCUT2D eigenvalue weighted by Gasteiger charge is -2.38. The highest BCUT2D eigenvalue weighted by Crippen LogP contribution is 2.23. The Bertz CT molecular complexity index is 713. The highest BCUT2D eigenvalue weighted by molar-refractivity contribution is 5.35. The van der Waals surface area contributed by atoms with Crippen molar-refractivity contribution in [3.8, 4) is 6.07 Å². The van der Waals surface area contributed by atoms with Gasteiger partial charge in [-0.2, -0.15) is 10.4 Å². The number of rotatable bonds is 5. The average Bonchev–Trinajstić information content (AvgIpc) is 2.68. The first-order chi connectivity index (χ1) is 12.2. The van der Waals surface area contributed by atoms with Crippen LogP contribution in [0.15, 0.2) is 42.6 Å². The Kier molecular flexibility index (Phi) is 5.59. The van der Waals surface area contributed by atoms with Crippen molar-refractivity contribution in [3.05, 3.63) is 53.7 Å². The summed E-state index contributed by atoms with van der Waals surface area (Å²) in [6.45, 7) is 5.48. The number of nitriles is 1. The maximum Gasteiger partial charge on any atom is 0.151 e. The second-order valence-electron chi connectivity index (χ2n) is 6.36. The zero-order valence-corrected chi connectivity index (χ0v) is 14.7. The summed E-state index contributed by atoms with van der Waals surface area (Å²) in [6.07, 6.45) is 1.80. The van der Waals surface area contributed by atoms with E-state index in [-0.39, 0.29) is 6.10 Å². The molecule has 1 aromatic heterocycles. The molecule has 1 aromatic carbocycles. The first kappa shape index (κ1) is 17.3. The Morgan fingerprint density at radius 3 is 2.84 bits per heavy atom. The van der Waals surface area contributed by atoms with Gasteiger partial charge in [0.05, 0.1) is 24.3 Å². The molecule has 0 bridgehead atoms. The highest BCUT2D eigenvalue weighted by atomic mass is 16.5. The van der Waals surface area contributed by atoms with Gasteiger partial charge in [-0.05, 0) is 36.8 Å². The van der Waals surface area contributed by atoms with Crippen LogP contribution in [0.5, 0.6) is 0 Å². The molecule has 2 heterocycles. The molecule has 0 spiro atoms. The van der Waals surface area contributed by atoms with Crippen molar-refractivity contribution in [1.82, 2.24) is 15.1 Å². The summed E-state index contributed by atoms with van der Waals surface area (Å²) in [6, 6.07) is 14.1. The molecule has 25 heavy (non-hydrogen) atoms. The number of morpholine rings is 1. The van der Waals surface area contributed by atoms with E-state index in [4.69, 9.17) is 10.00 Å². The monoisotopic (exact) mass is 337 g/mol. The molecule has 3 rings (SSSR count). The molecule has 0 amide bonds. The van der Waals surface area contributed by atoms with Crippen LogP contribution in [0.1, 0.15) is 24.1 Å². The molecule has 2 aromatic rings. The molecule has 0 radical (unpaired) electrons. The number of likely N-dealkylation sites (N-methyl/N-ethyl adjacent to an activating group) is 1. The summed E-state index contributed by atoms with van der Waals surface area (Å²) in [4.78, 5) is 4.51. The molecule has 6 nitrogen and oxygen atoms in total. The molecular formula is C19H23N5O. The lowest BCUT2D eigenvalue weighted by molar-refractivity contribution is -0.0368. The number of aromatic nitrogens is 2. The van der Waals surface area contributed by atoms with Gasteiger partial charge in [-0.15, -0.1) is 5.10 Å². The van der Waals surface area contributed by atoms with Gasteiger partial charge >= 0.3 is 0 Å². The van der Waals surface area contributed by atoms with E-state index < -0.39 is 0 Å². The van der Waals surface area contributed by atoms with Gasteiger partial charge in [-0.25, -0.2) is 0 Å². The fourth-order valence-electron chi connectivity index (χ4n) is 3.15. The minimum atomic E-state index is 0.126. The largest absolute Gasteiger partial charge is 0.374 e. The SMILES string of the molecule is C[C@H](c1ccc(C#N)cc1)N1CCO[C@H](CN(C)c2cccnn2)C1. The van der Waals surface area contributed by atoms with Gasteiger partial charge in [0.1, 0.15) is 0 Å². The molecule has 130 valence electrons. The minimum Gasteiger partial charge on any atom is -0.374 e. The van der Waals surface area contributed by atoms with Gasteiger partial charge in [-0.3, -0.25) is 4.90 Å². The van der Waals surface area contributed by atoms with E-state index in [0.29, 0.717) is 11.6 Å². The van der Waals surface area contributed by atoms with Crippen LogP contribution in [0.3, 0.4) is 0 Å². The van der Waals surface area contributed by atoms with Gasteiger partial charge in [-0.1, -0.05) is 12.1 Å². The number of nitrogens with zero attached hydrogens (tertiary/aromatic N) is 5. The van der Waals surface area contributed by atoms with Crippen LogP contribution in [0.4, 0.5) is 5.82 Å². The van der Waals surface area contributed by atoms with Gasteiger partial charge in [0, 0.05) is 38.9 Å². The van der Waals surface area contributed by atoms with Crippen LogP contribution in [0, 0.1) is 11.3 Å². The predicted octanol–water partition coefficient (Wildman–Crippen LogP) is 2.25. The third-order valence-corrected chi connectivity index (χ3v) is 4.67. The minimum absolute atomic E-state index is 0.126. The zero-order valence-electron chi connectivity index (χ0n) is 14.7.